The maximum atomic E-state index is 12.4. The van der Waals surface area contributed by atoms with Crippen LogP contribution in [0.2, 0.25) is 0 Å². The molecule has 4 rings (SSSR count). The molecule has 1 aromatic carbocycles. The first-order valence-electron chi connectivity index (χ1n) is 9.47. The van der Waals surface area contributed by atoms with Crippen molar-refractivity contribution in [3.63, 3.8) is 0 Å². The lowest BCUT2D eigenvalue weighted by Crippen LogP contribution is -2.53. The number of rotatable bonds is 5. The fourth-order valence-corrected chi connectivity index (χ4v) is 4.23. The molecule has 2 aliphatic heterocycles. The Labute approximate surface area is 159 Å². The first-order chi connectivity index (χ1) is 13.1. The molecule has 0 bridgehead atoms. The summed E-state index contributed by atoms with van der Waals surface area (Å²) in [6.45, 7) is 6.18. The minimum atomic E-state index is 0.319. The van der Waals surface area contributed by atoms with E-state index < -0.39 is 0 Å². The van der Waals surface area contributed by atoms with Crippen molar-refractivity contribution in [2.75, 3.05) is 37.9 Å². The van der Waals surface area contributed by atoms with Gasteiger partial charge < -0.3 is 4.90 Å². The van der Waals surface area contributed by atoms with Crippen molar-refractivity contribution in [1.29, 1.82) is 5.26 Å². The predicted octanol–water partition coefficient (Wildman–Crippen LogP) is 1.74. The number of Topliss-reactive ketones (excluding diaryl/α,β-unsaturated/α-hetero) is 1. The number of benzene rings is 1. The van der Waals surface area contributed by atoms with E-state index in [9.17, 15) is 10.1 Å². The summed E-state index contributed by atoms with van der Waals surface area (Å²) in [6, 6.07) is 5.99. The molecule has 2 aliphatic rings. The van der Waals surface area contributed by atoms with Gasteiger partial charge in [0.05, 0.1) is 31.1 Å². The lowest BCUT2D eigenvalue weighted by Gasteiger charge is -2.38. The lowest BCUT2D eigenvalue weighted by atomic mass is 9.86. The Morgan fingerprint density at radius 2 is 2.04 bits per heavy atom. The van der Waals surface area contributed by atoms with Crippen molar-refractivity contribution in [2.24, 2.45) is 11.8 Å². The number of nitrogens with zero attached hydrogens (tertiary/aromatic N) is 5. The third-order valence-corrected chi connectivity index (χ3v) is 5.40. The van der Waals surface area contributed by atoms with Crippen LogP contribution in [-0.2, 0) is 4.79 Å². The second kappa shape index (κ2) is 7.59. The van der Waals surface area contributed by atoms with Crippen LogP contribution in [0.1, 0.15) is 25.3 Å². The molecule has 7 heteroatoms. The Hall–Kier alpha value is -2.56. The summed E-state index contributed by atoms with van der Waals surface area (Å²) in [5.41, 5.74) is 2.96. The summed E-state index contributed by atoms with van der Waals surface area (Å²) in [7, 11) is 0. The molecule has 0 unspecified atom stereocenters. The van der Waals surface area contributed by atoms with E-state index in [0.717, 1.165) is 44.1 Å². The van der Waals surface area contributed by atoms with Crippen LogP contribution in [0, 0.1) is 23.2 Å². The average molecular weight is 364 g/mol. The zero-order chi connectivity index (χ0) is 18.8. The quantitative estimate of drug-likeness (QED) is 0.865. The van der Waals surface area contributed by atoms with Crippen molar-refractivity contribution in [3.05, 3.63) is 30.1 Å². The molecule has 0 amide bonds. The molecular weight excluding hydrogens is 340 g/mol. The summed E-state index contributed by atoms with van der Waals surface area (Å²) >= 11 is 0. The third kappa shape index (κ3) is 3.77. The van der Waals surface area contributed by atoms with Crippen LogP contribution < -0.4 is 10.2 Å². The number of ketones is 1. The zero-order valence-electron chi connectivity index (χ0n) is 15.6. The van der Waals surface area contributed by atoms with E-state index in [1.165, 1.54) is 0 Å². The van der Waals surface area contributed by atoms with Gasteiger partial charge in [-0.15, -0.1) is 0 Å². The normalized spacial score (nSPS) is 23.0. The van der Waals surface area contributed by atoms with Crippen molar-refractivity contribution in [3.8, 4) is 6.07 Å². The minimum Gasteiger partial charge on any atom is -0.369 e. The predicted molar refractivity (Wildman–Crippen MR) is 103 cm³/mol. The lowest BCUT2D eigenvalue weighted by molar-refractivity contribution is -0.122. The zero-order valence-corrected chi connectivity index (χ0v) is 15.6. The number of anilines is 1. The fourth-order valence-electron chi connectivity index (χ4n) is 4.23. The van der Waals surface area contributed by atoms with Gasteiger partial charge in [-0.05, 0) is 30.4 Å². The number of hydrogen-bond acceptors (Lipinski definition) is 7. The molecule has 3 heterocycles. The van der Waals surface area contributed by atoms with E-state index >= 15 is 0 Å². The van der Waals surface area contributed by atoms with Crippen LogP contribution >= 0.6 is 0 Å². The van der Waals surface area contributed by atoms with E-state index in [1.807, 2.05) is 12.1 Å². The molecular formula is C20H24N6O. The van der Waals surface area contributed by atoms with Gasteiger partial charge in [-0.3, -0.25) is 25.0 Å². The molecule has 0 saturated carbocycles. The summed E-state index contributed by atoms with van der Waals surface area (Å²) in [6.07, 6.45) is 4.98. The first kappa shape index (κ1) is 17.8. The van der Waals surface area contributed by atoms with Gasteiger partial charge in [-0.2, -0.15) is 5.26 Å². The first-order valence-corrected chi connectivity index (χ1v) is 9.47. The topological polar surface area (TPSA) is 85.2 Å². The van der Waals surface area contributed by atoms with E-state index in [-0.39, 0.29) is 0 Å². The summed E-state index contributed by atoms with van der Waals surface area (Å²) in [4.78, 5) is 25.7. The Bertz CT molecular complexity index is 888. The molecule has 1 aromatic heterocycles. The fraction of sp³-hybridized carbons (Fsp3) is 0.500. The van der Waals surface area contributed by atoms with Gasteiger partial charge in [-0.25, -0.2) is 0 Å². The van der Waals surface area contributed by atoms with E-state index in [1.54, 1.807) is 12.4 Å². The summed E-state index contributed by atoms with van der Waals surface area (Å²) < 4.78 is 0. The van der Waals surface area contributed by atoms with Gasteiger partial charge in [0, 0.05) is 31.9 Å². The Balaban J connectivity index is 1.54. The molecule has 1 N–H and O–H groups in total. The van der Waals surface area contributed by atoms with Crippen LogP contribution in [-0.4, -0.2) is 53.6 Å². The number of nitrogens with one attached hydrogen (secondary N) is 1. The summed E-state index contributed by atoms with van der Waals surface area (Å²) in [5, 5.41) is 12.5. The number of piperidine rings is 1. The van der Waals surface area contributed by atoms with Gasteiger partial charge in [0.1, 0.15) is 22.9 Å². The number of carbonyl (C=O) groups is 1. The maximum absolute atomic E-state index is 12.4. The molecule has 7 nitrogen and oxygen atoms in total. The summed E-state index contributed by atoms with van der Waals surface area (Å²) in [5.74, 6) is 1.17. The van der Waals surface area contributed by atoms with Crippen LogP contribution in [0.3, 0.4) is 0 Å². The average Bonchev–Trinajstić information content (AvgIpc) is 2.63. The number of fused-ring (bicyclic) bond motifs is 1. The molecule has 2 atom stereocenters. The Morgan fingerprint density at radius 3 is 2.74 bits per heavy atom. The second-order valence-corrected chi connectivity index (χ2v) is 7.75. The van der Waals surface area contributed by atoms with E-state index in [2.05, 4.69) is 38.1 Å². The highest BCUT2D eigenvalue weighted by Crippen LogP contribution is 2.32. The number of nitriles is 1. The molecule has 0 spiro atoms. The molecule has 27 heavy (non-hydrogen) atoms. The van der Waals surface area contributed by atoms with Crippen LogP contribution in [0.25, 0.3) is 11.0 Å². The Morgan fingerprint density at radius 1 is 1.26 bits per heavy atom. The minimum absolute atomic E-state index is 0.319. The van der Waals surface area contributed by atoms with Crippen LogP contribution in [0.4, 0.5) is 5.69 Å². The highest BCUT2D eigenvalue weighted by Gasteiger charge is 2.29. The van der Waals surface area contributed by atoms with Crippen molar-refractivity contribution in [2.45, 2.75) is 19.8 Å². The van der Waals surface area contributed by atoms with Crippen molar-refractivity contribution >= 4 is 22.5 Å². The largest absolute Gasteiger partial charge is 0.369 e. The molecule has 2 aromatic rings. The highest BCUT2D eigenvalue weighted by molar-refractivity contribution is 5.92. The van der Waals surface area contributed by atoms with Gasteiger partial charge >= 0.3 is 0 Å². The van der Waals surface area contributed by atoms with E-state index in [4.69, 9.17) is 0 Å². The molecule has 0 radical (unpaired) electrons. The second-order valence-electron chi connectivity index (χ2n) is 7.75. The Kier molecular flexibility index (Phi) is 5.01. The van der Waals surface area contributed by atoms with Crippen LogP contribution in [0.5, 0.6) is 0 Å². The van der Waals surface area contributed by atoms with Gasteiger partial charge in [-0.1, -0.05) is 6.92 Å². The SMILES string of the molecule is C[C@H]1C[C@@H](CC(=O)CN2CNC2)CN(c2ccc(C#N)c3nccnc23)C1. The molecule has 2 saturated heterocycles. The maximum Gasteiger partial charge on any atom is 0.147 e. The highest BCUT2D eigenvalue weighted by atomic mass is 16.1. The van der Waals surface area contributed by atoms with Crippen molar-refractivity contribution in [1.82, 2.24) is 20.2 Å². The van der Waals surface area contributed by atoms with Gasteiger partial charge in [0.15, 0.2) is 0 Å². The number of aromatic nitrogens is 2. The molecule has 2 fully saturated rings. The van der Waals surface area contributed by atoms with Gasteiger partial charge in [0.2, 0.25) is 0 Å². The molecule has 0 aliphatic carbocycles. The number of hydrogen-bond donors (Lipinski definition) is 1. The standard InChI is InChI=1S/C20H24N6O/c1-14-6-15(7-17(27)11-25-12-22-13-25)10-26(9-14)18-3-2-16(8-21)19-20(18)24-5-4-23-19/h2-5,14-15,22H,6-7,9-13H2,1H3/t14-,15-/m0/s1. The third-order valence-electron chi connectivity index (χ3n) is 5.40. The monoisotopic (exact) mass is 364 g/mol. The smallest absolute Gasteiger partial charge is 0.147 e. The van der Waals surface area contributed by atoms with Gasteiger partial charge in [0.25, 0.3) is 0 Å². The van der Waals surface area contributed by atoms with Crippen molar-refractivity contribution < 1.29 is 4.79 Å². The number of carbonyl (C=O) groups excluding carboxylic acids is 1. The van der Waals surface area contributed by atoms with E-state index in [0.29, 0.717) is 41.7 Å². The molecule has 140 valence electrons. The van der Waals surface area contributed by atoms with Crippen LogP contribution in [0.15, 0.2) is 24.5 Å².